The van der Waals surface area contributed by atoms with Gasteiger partial charge in [-0.1, -0.05) is 42.5 Å². The summed E-state index contributed by atoms with van der Waals surface area (Å²) in [6.45, 7) is 2.21. The summed E-state index contributed by atoms with van der Waals surface area (Å²) in [6, 6.07) is 8.38. The first kappa shape index (κ1) is 56.9. The molecule has 10 N–H and O–H groups in total. The maximum atomic E-state index is 13.8. The van der Waals surface area contributed by atoms with Gasteiger partial charge in [0.05, 0.1) is 26.2 Å². The van der Waals surface area contributed by atoms with E-state index in [1.54, 1.807) is 19.6 Å². The Balaban J connectivity index is 1.13. The molecule has 25 heteroatoms. The fraction of sp³-hybridized carbons (Fsp3) is 0.583. The third-order valence-electron chi connectivity index (χ3n) is 13.5. The average Bonchev–Trinajstić information content (AvgIpc) is 3.28. The number of carboxylic acid groups (broad SMARTS) is 6. The molecular formula is C48H67N9O16. The molecule has 1 spiro atoms. The van der Waals surface area contributed by atoms with Gasteiger partial charge in [-0.25, -0.2) is 14.4 Å². The number of rotatable bonds is 25. The van der Waals surface area contributed by atoms with Gasteiger partial charge in [-0.2, -0.15) is 0 Å². The third-order valence-corrected chi connectivity index (χ3v) is 13.5. The average molecular weight is 1030 g/mol. The molecule has 0 radical (unpaired) electrons. The SMILES string of the molecule is O=C(O)CC[C@H](NC(=O)N[C@@H](CCCCNC(=O)[C@H](Cc1ccc2ccccc2c1)NC(=O)C1CC2(C1)CN(C(=O)CN1CCN(CC(=O)O)CCN(CC(=O)O)CCN(CC(=O)O)CC1)C2)C(=O)O)C(=O)O. The molecule has 0 bridgehead atoms. The second kappa shape index (κ2) is 27.2. The van der Waals surface area contributed by atoms with Gasteiger partial charge in [-0.15, -0.1) is 0 Å². The maximum Gasteiger partial charge on any atom is 0.326 e. The molecule has 73 heavy (non-hydrogen) atoms. The minimum atomic E-state index is -1.55. The van der Waals surface area contributed by atoms with Crippen LogP contribution in [0.5, 0.6) is 0 Å². The molecule has 1 aliphatic carbocycles. The molecule has 2 aromatic rings. The third kappa shape index (κ3) is 18.6. The number of benzene rings is 2. The Morgan fingerprint density at radius 1 is 0.562 bits per heavy atom. The van der Waals surface area contributed by atoms with Gasteiger partial charge in [0.2, 0.25) is 17.7 Å². The van der Waals surface area contributed by atoms with Crippen molar-refractivity contribution < 1.29 is 78.6 Å². The minimum Gasteiger partial charge on any atom is -0.481 e. The molecule has 2 aliphatic heterocycles. The van der Waals surface area contributed by atoms with Crippen molar-refractivity contribution in [3.63, 3.8) is 0 Å². The summed E-state index contributed by atoms with van der Waals surface area (Å²) < 4.78 is 0. The molecule has 3 atom stereocenters. The lowest BCUT2D eigenvalue weighted by Gasteiger charge is -2.58. The van der Waals surface area contributed by atoms with E-state index in [4.69, 9.17) is 5.11 Å². The van der Waals surface area contributed by atoms with Crippen LogP contribution < -0.4 is 21.3 Å². The molecule has 5 amide bonds. The predicted octanol–water partition coefficient (Wildman–Crippen LogP) is -1.06. The van der Waals surface area contributed by atoms with Gasteiger partial charge in [0.25, 0.3) is 0 Å². The summed E-state index contributed by atoms with van der Waals surface area (Å²) in [4.78, 5) is 131. The number of aliphatic carboxylic acids is 6. The first-order valence-electron chi connectivity index (χ1n) is 24.3. The van der Waals surface area contributed by atoms with E-state index in [0.717, 1.165) is 16.3 Å². The standard InChI is InChI=1S/C48H67N9O16/c58-38(25-53-13-15-54(26-40(61)62)17-19-56(28-42(65)66)20-18-55(16-14-53)27-41(63)64)57-29-48(30-57)23-34(24-48)43(67)50-37(22-31-8-9-32-5-1-2-6-33(32)21-31)44(68)49-12-4-3-7-35(45(69)70)51-47(73)52-36(46(71)72)10-11-39(59)60/h1-2,5-6,8-9,21,34-37H,3-4,7,10-20,22-30H2,(H,49,68)(H,50,67)(H,59,60)(H,61,62)(H,63,64)(H,65,66)(H,69,70)(H,71,72)(H2,51,52,73)/t35-,36-,37-/m0/s1. The van der Waals surface area contributed by atoms with Gasteiger partial charge in [-0.3, -0.25) is 53.2 Å². The van der Waals surface area contributed by atoms with Gasteiger partial charge in [-0.05, 0) is 54.9 Å². The second-order valence-corrected chi connectivity index (χ2v) is 19.2. The first-order chi connectivity index (χ1) is 34.7. The normalized spacial score (nSPS) is 18.3. The molecule has 1 saturated carbocycles. The second-order valence-electron chi connectivity index (χ2n) is 19.2. The van der Waals surface area contributed by atoms with E-state index in [1.165, 1.54) is 0 Å². The van der Waals surface area contributed by atoms with E-state index in [0.29, 0.717) is 39.0 Å². The van der Waals surface area contributed by atoms with Crippen LogP contribution in [0.3, 0.4) is 0 Å². The van der Waals surface area contributed by atoms with Crippen molar-refractivity contribution in [2.24, 2.45) is 11.3 Å². The highest BCUT2D eigenvalue weighted by atomic mass is 16.4. The lowest BCUT2D eigenvalue weighted by Crippen LogP contribution is -2.66. The Labute approximate surface area is 420 Å². The van der Waals surface area contributed by atoms with Crippen molar-refractivity contribution in [2.75, 3.05) is 98.2 Å². The molecule has 2 heterocycles. The van der Waals surface area contributed by atoms with Crippen molar-refractivity contribution in [1.82, 2.24) is 45.8 Å². The van der Waals surface area contributed by atoms with Crippen molar-refractivity contribution in [3.8, 4) is 0 Å². The van der Waals surface area contributed by atoms with Crippen LogP contribution in [0.25, 0.3) is 10.8 Å². The van der Waals surface area contributed by atoms with Crippen LogP contribution in [0, 0.1) is 11.3 Å². The zero-order valence-electron chi connectivity index (χ0n) is 40.6. The van der Waals surface area contributed by atoms with E-state index in [2.05, 4.69) is 21.3 Å². The number of nitrogens with zero attached hydrogens (tertiary/aromatic N) is 5. The molecule has 2 aromatic carbocycles. The van der Waals surface area contributed by atoms with E-state index in [9.17, 15) is 73.5 Å². The van der Waals surface area contributed by atoms with Crippen LogP contribution in [0.4, 0.5) is 4.79 Å². The molecule has 3 aliphatic rings. The lowest BCUT2D eigenvalue weighted by atomic mass is 9.57. The summed E-state index contributed by atoms with van der Waals surface area (Å²) >= 11 is 0. The number of nitrogens with one attached hydrogen (secondary N) is 4. The lowest BCUT2D eigenvalue weighted by molar-refractivity contribution is -0.161. The summed E-state index contributed by atoms with van der Waals surface area (Å²) in [7, 11) is 0. The molecular weight excluding hydrogens is 959 g/mol. The summed E-state index contributed by atoms with van der Waals surface area (Å²) in [5.74, 6) is -8.68. The number of carbonyl (C=O) groups is 10. The van der Waals surface area contributed by atoms with Crippen molar-refractivity contribution in [3.05, 3.63) is 48.0 Å². The minimum absolute atomic E-state index is 0.000730. The monoisotopic (exact) mass is 1030 g/mol. The number of hydrogen-bond donors (Lipinski definition) is 10. The molecule has 0 unspecified atom stereocenters. The Bertz CT molecular complexity index is 2290. The Morgan fingerprint density at radius 2 is 1.05 bits per heavy atom. The number of carboxylic acids is 6. The number of likely N-dealkylation sites (tertiary alicyclic amines) is 1. The molecule has 3 fully saturated rings. The zero-order chi connectivity index (χ0) is 53.2. The highest BCUT2D eigenvalue weighted by Gasteiger charge is 2.55. The van der Waals surface area contributed by atoms with Crippen molar-refractivity contribution in [2.45, 2.75) is 69.5 Å². The maximum absolute atomic E-state index is 13.8. The smallest absolute Gasteiger partial charge is 0.326 e. The molecule has 5 rings (SSSR count). The van der Waals surface area contributed by atoms with Gasteiger partial charge < -0.3 is 56.8 Å². The van der Waals surface area contributed by atoms with Gasteiger partial charge >= 0.3 is 41.8 Å². The number of fused-ring (bicyclic) bond motifs is 1. The highest BCUT2D eigenvalue weighted by Crippen LogP contribution is 2.52. The molecule has 25 nitrogen and oxygen atoms in total. The summed E-state index contributed by atoms with van der Waals surface area (Å²) in [5, 5.41) is 68.4. The van der Waals surface area contributed by atoms with Gasteiger partial charge in [0.15, 0.2) is 0 Å². The van der Waals surface area contributed by atoms with E-state index in [-0.39, 0.29) is 115 Å². The molecule has 0 aromatic heterocycles. The number of unbranched alkanes of at least 4 members (excludes halogenated alkanes) is 1. The largest absolute Gasteiger partial charge is 0.481 e. The number of amides is 5. The number of carbonyl (C=O) groups excluding carboxylic acids is 4. The summed E-state index contributed by atoms with van der Waals surface area (Å²) in [5.41, 5.74) is 0.512. The Hall–Kier alpha value is -6.96. The van der Waals surface area contributed by atoms with Crippen LogP contribution in [-0.2, 0) is 49.6 Å². The highest BCUT2D eigenvalue weighted by molar-refractivity contribution is 5.90. The summed E-state index contributed by atoms with van der Waals surface area (Å²) in [6.07, 6.45) is 0.611. The van der Waals surface area contributed by atoms with Crippen LogP contribution in [0.1, 0.15) is 50.5 Å². The Morgan fingerprint density at radius 3 is 1.55 bits per heavy atom. The van der Waals surface area contributed by atoms with E-state index in [1.807, 2.05) is 47.4 Å². The number of urea groups is 1. The zero-order valence-corrected chi connectivity index (χ0v) is 40.6. The van der Waals surface area contributed by atoms with Crippen LogP contribution >= 0.6 is 0 Å². The first-order valence-corrected chi connectivity index (χ1v) is 24.3. The number of hydrogen-bond acceptors (Lipinski definition) is 14. The van der Waals surface area contributed by atoms with Crippen molar-refractivity contribution >= 4 is 70.3 Å². The molecule has 400 valence electrons. The van der Waals surface area contributed by atoms with E-state index < -0.39 is 84.6 Å². The van der Waals surface area contributed by atoms with Gasteiger partial charge in [0, 0.05) is 96.2 Å². The van der Waals surface area contributed by atoms with Crippen LogP contribution in [0.15, 0.2) is 42.5 Å². The fourth-order valence-electron chi connectivity index (χ4n) is 9.49. The Kier molecular flexibility index (Phi) is 21.2. The fourth-order valence-corrected chi connectivity index (χ4v) is 9.49. The quantitative estimate of drug-likeness (QED) is 0.0530. The van der Waals surface area contributed by atoms with Crippen LogP contribution in [0.2, 0.25) is 0 Å². The van der Waals surface area contributed by atoms with Crippen LogP contribution in [-0.4, -0.2) is 231 Å². The predicted molar refractivity (Wildman–Crippen MR) is 258 cm³/mol. The van der Waals surface area contributed by atoms with E-state index >= 15 is 0 Å². The topological polar surface area (TPSA) is 356 Å². The van der Waals surface area contributed by atoms with Gasteiger partial charge in [0.1, 0.15) is 18.1 Å². The molecule has 2 saturated heterocycles. The van der Waals surface area contributed by atoms with Crippen molar-refractivity contribution in [1.29, 1.82) is 0 Å².